The second-order valence-electron chi connectivity index (χ2n) is 5.43. The number of aliphatic carboxylic acids is 1. The summed E-state index contributed by atoms with van der Waals surface area (Å²) in [7, 11) is 0. The van der Waals surface area contributed by atoms with E-state index in [1.807, 2.05) is 43.5 Å². The minimum Gasteiger partial charge on any atom is -0.481 e. The Bertz CT molecular complexity index is 648. The normalized spacial score (nSPS) is 11.0. The predicted octanol–water partition coefficient (Wildman–Crippen LogP) is 3.47. The monoisotopic (exact) mass is 305 g/mol. The molecule has 112 valence electrons. The van der Waals surface area contributed by atoms with Crippen LogP contribution < -0.4 is 0 Å². The zero-order valence-electron chi connectivity index (χ0n) is 12.2. The molecular weight excluding hydrogens is 286 g/mol. The van der Waals surface area contributed by atoms with Crippen molar-refractivity contribution in [1.29, 1.82) is 0 Å². The number of rotatable bonds is 6. The van der Waals surface area contributed by atoms with Crippen LogP contribution in [0.5, 0.6) is 0 Å². The van der Waals surface area contributed by atoms with Crippen LogP contribution in [-0.4, -0.2) is 35.0 Å². The molecule has 0 fully saturated rings. The number of carbonyl (C=O) groups excluding carboxylic acids is 1. The van der Waals surface area contributed by atoms with E-state index in [1.54, 1.807) is 4.90 Å². The highest BCUT2D eigenvalue weighted by atomic mass is 32.1. The molecule has 0 radical (unpaired) electrons. The zero-order valence-corrected chi connectivity index (χ0v) is 13.0. The molecule has 1 heterocycles. The van der Waals surface area contributed by atoms with Crippen LogP contribution in [0.2, 0.25) is 0 Å². The Labute approximate surface area is 128 Å². The number of carboxylic acid groups (broad SMARTS) is 1. The Morgan fingerprint density at radius 3 is 2.67 bits per heavy atom. The highest BCUT2D eigenvalue weighted by Gasteiger charge is 2.20. The van der Waals surface area contributed by atoms with Crippen molar-refractivity contribution in [3.05, 3.63) is 35.2 Å². The van der Waals surface area contributed by atoms with Gasteiger partial charge in [-0.2, -0.15) is 0 Å². The number of amides is 1. The van der Waals surface area contributed by atoms with Crippen molar-refractivity contribution in [2.24, 2.45) is 5.92 Å². The standard InChI is InChI=1S/C16H19NO3S/c1-11(2)9-17(8-7-15(18)19)16(20)13-10-21-14-6-4-3-5-12(13)14/h3-6,10-11H,7-9H2,1-2H3,(H,18,19). The molecule has 4 nitrogen and oxygen atoms in total. The maximum Gasteiger partial charge on any atom is 0.305 e. The van der Waals surface area contributed by atoms with Gasteiger partial charge in [0.25, 0.3) is 5.91 Å². The fraction of sp³-hybridized carbons (Fsp3) is 0.375. The minimum absolute atomic E-state index is 0.0273. The Hall–Kier alpha value is -1.88. The molecule has 0 aliphatic carbocycles. The third-order valence-electron chi connectivity index (χ3n) is 3.18. The number of thiophene rings is 1. The SMILES string of the molecule is CC(C)CN(CCC(=O)O)C(=O)c1csc2ccccc12. The van der Waals surface area contributed by atoms with Crippen LogP contribution in [0.25, 0.3) is 10.1 Å². The van der Waals surface area contributed by atoms with Gasteiger partial charge in [-0.1, -0.05) is 32.0 Å². The topological polar surface area (TPSA) is 57.6 Å². The molecule has 0 bridgehead atoms. The number of carboxylic acids is 1. The lowest BCUT2D eigenvalue weighted by Gasteiger charge is -2.23. The summed E-state index contributed by atoms with van der Waals surface area (Å²) in [6.45, 7) is 4.85. The molecule has 0 aliphatic rings. The van der Waals surface area contributed by atoms with Gasteiger partial charge in [-0.25, -0.2) is 0 Å². The lowest BCUT2D eigenvalue weighted by atomic mass is 10.1. The van der Waals surface area contributed by atoms with Gasteiger partial charge in [0.15, 0.2) is 0 Å². The number of benzene rings is 1. The first kappa shape index (κ1) is 15.5. The van der Waals surface area contributed by atoms with Gasteiger partial charge in [0, 0.05) is 28.6 Å². The highest BCUT2D eigenvalue weighted by molar-refractivity contribution is 7.17. The van der Waals surface area contributed by atoms with Crippen molar-refractivity contribution in [2.75, 3.05) is 13.1 Å². The van der Waals surface area contributed by atoms with Crippen LogP contribution in [-0.2, 0) is 4.79 Å². The first-order valence-electron chi connectivity index (χ1n) is 6.96. The van der Waals surface area contributed by atoms with Gasteiger partial charge in [0.1, 0.15) is 0 Å². The lowest BCUT2D eigenvalue weighted by Crippen LogP contribution is -2.35. The molecule has 2 aromatic rings. The predicted molar refractivity (Wildman–Crippen MR) is 84.8 cm³/mol. The smallest absolute Gasteiger partial charge is 0.305 e. The molecule has 2 rings (SSSR count). The van der Waals surface area contributed by atoms with E-state index in [0.717, 1.165) is 10.1 Å². The fourth-order valence-electron chi connectivity index (χ4n) is 2.26. The largest absolute Gasteiger partial charge is 0.481 e. The van der Waals surface area contributed by atoms with E-state index in [2.05, 4.69) is 0 Å². The van der Waals surface area contributed by atoms with Gasteiger partial charge < -0.3 is 10.0 Å². The van der Waals surface area contributed by atoms with Crippen LogP contribution in [0.15, 0.2) is 29.6 Å². The third kappa shape index (κ3) is 3.82. The molecular formula is C16H19NO3S. The fourth-order valence-corrected chi connectivity index (χ4v) is 3.20. The molecule has 0 atom stereocenters. The van der Waals surface area contributed by atoms with E-state index < -0.39 is 5.97 Å². The molecule has 0 spiro atoms. The van der Waals surface area contributed by atoms with E-state index in [-0.39, 0.29) is 18.9 Å². The van der Waals surface area contributed by atoms with Crippen LogP contribution in [0.3, 0.4) is 0 Å². The van der Waals surface area contributed by atoms with Crippen molar-refractivity contribution in [3.8, 4) is 0 Å². The summed E-state index contributed by atoms with van der Waals surface area (Å²) in [6, 6.07) is 7.78. The van der Waals surface area contributed by atoms with Gasteiger partial charge in [0.05, 0.1) is 12.0 Å². The summed E-state index contributed by atoms with van der Waals surface area (Å²) < 4.78 is 1.07. The summed E-state index contributed by atoms with van der Waals surface area (Å²) in [6.07, 6.45) is -0.0273. The van der Waals surface area contributed by atoms with Crippen LogP contribution in [0, 0.1) is 5.92 Å². The lowest BCUT2D eigenvalue weighted by molar-refractivity contribution is -0.137. The average molecular weight is 305 g/mol. The second kappa shape index (κ2) is 6.72. The van der Waals surface area contributed by atoms with Gasteiger partial charge in [-0.15, -0.1) is 11.3 Å². The molecule has 1 amide bonds. The molecule has 0 aliphatic heterocycles. The summed E-state index contributed by atoms with van der Waals surface area (Å²) in [5, 5.41) is 11.6. The molecule has 5 heteroatoms. The number of fused-ring (bicyclic) bond motifs is 1. The molecule has 0 unspecified atom stereocenters. The van der Waals surface area contributed by atoms with Crippen molar-refractivity contribution >= 4 is 33.3 Å². The number of hydrogen-bond acceptors (Lipinski definition) is 3. The maximum absolute atomic E-state index is 12.7. The van der Waals surface area contributed by atoms with E-state index in [0.29, 0.717) is 18.0 Å². The van der Waals surface area contributed by atoms with Gasteiger partial charge in [0.2, 0.25) is 0 Å². The third-order valence-corrected chi connectivity index (χ3v) is 4.14. The Kier molecular flexibility index (Phi) is 4.96. The van der Waals surface area contributed by atoms with E-state index in [4.69, 9.17) is 5.11 Å². The van der Waals surface area contributed by atoms with Crippen molar-refractivity contribution in [2.45, 2.75) is 20.3 Å². The van der Waals surface area contributed by atoms with E-state index in [9.17, 15) is 9.59 Å². The van der Waals surface area contributed by atoms with Crippen LogP contribution >= 0.6 is 11.3 Å². The average Bonchev–Trinajstić information content (AvgIpc) is 2.86. The Morgan fingerprint density at radius 2 is 2.00 bits per heavy atom. The van der Waals surface area contributed by atoms with Crippen molar-refractivity contribution in [3.63, 3.8) is 0 Å². The molecule has 1 aromatic heterocycles. The first-order chi connectivity index (χ1) is 9.99. The molecule has 21 heavy (non-hydrogen) atoms. The maximum atomic E-state index is 12.7. The second-order valence-corrected chi connectivity index (χ2v) is 6.35. The van der Waals surface area contributed by atoms with Crippen LogP contribution in [0.4, 0.5) is 0 Å². The van der Waals surface area contributed by atoms with E-state index >= 15 is 0 Å². The molecule has 1 aromatic carbocycles. The quantitative estimate of drug-likeness (QED) is 0.889. The molecule has 0 saturated heterocycles. The van der Waals surface area contributed by atoms with Gasteiger partial charge in [-0.05, 0) is 12.0 Å². The summed E-state index contributed by atoms with van der Waals surface area (Å²) in [4.78, 5) is 25.1. The summed E-state index contributed by atoms with van der Waals surface area (Å²) >= 11 is 1.54. The molecule has 1 N–H and O–H groups in total. The Balaban J connectivity index is 2.26. The molecule has 0 saturated carbocycles. The Morgan fingerprint density at radius 1 is 1.29 bits per heavy atom. The number of hydrogen-bond donors (Lipinski definition) is 1. The van der Waals surface area contributed by atoms with Gasteiger partial charge in [-0.3, -0.25) is 9.59 Å². The first-order valence-corrected chi connectivity index (χ1v) is 7.84. The van der Waals surface area contributed by atoms with Gasteiger partial charge >= 0.3 is 5.97 Å². The van der Waals surface area contributed by atoms with Crippen molar-refractivity contribution < 1.29 is 14.7 Å². The summed E-state index contributed by atoms with van der Waals surface area (Å²) in [5.41, 5.74) is 0.668. The number of carbonyl (C=O) groups is 2. The summed E-state index contributed by atoms with van der Waals surface area (Å²) in [5.74, 6) is -0.665. The number of nitrogens with zero attached hydrogens (tertiary/aromatic N) is 1. The highest BCUT2D eigenvalue weighted by Crippen LogP contribution is 2.27. The minimum atomic E-state index is -0.883. The van der Waals surface area contributed by atoms with E-state index in [1.165, 1.54) is 11.3 Å². The zero-order chi connectivity index (χ0) is 15.4. The van der Waals surface area contributed by atoms with Crippen molar-refractivity contribution in [1.82, 2.24) is 4.90 Å². The van der Waals surface area contributed by atoms with Crippen LogP contribution in [0.1, 0.15) is 30.6 Å².